The predicted molar refractivity (Wildman–Crippen MR) is 78.7 cm³/mol. The molecule has 4 atom stereocenters. The molecule has 2 fully saturated rings. The molecule has 1 N–H and O–H groups in total. The lowest BCUT2D eigenvalue weighted by atomic mass is 9.87. The number of hydrogen-bond donors (Lipinski definition) is 1. The van der Waals surface area contributed by atoms with Crippen LogP contribution in [0.3, 0.4) is 0 Å². The molecule has 0 saturated heterocycles. The Morgan fingerprint density at radius 2 is 1.94 bits per heavy atom. The van der Waals surface area contributed by atoms with Crippen molar-refractivity contribution in [3.63, 3.8) is 0 Å². The molecule has 0 amide bonds. The Bertz CT molecular complexity index is 251. The van der Waals surface area contributed by atoms with Gasteiger partial charge in [-0.1, -0.05) is 33.6 Å². The highest BCUT2D eigenvalue weighted by atomic mass is 32.2. The van der Waals surface area contributed by atoms with Crippen LogP contribution in [-0.2, 0) is 0 Å². The average molecular weight is 255 g/mol. The van der Waals surface area contributed by atoms with E-state index in [4.69, 9.17) is 0 Å². The van der Waals surface area contributed by atoms with Crippen LogP contribution in [0, 0.1) is 11.3 Å². The number of hydrogen-bond acceptors (Lipinski definition) is 2. The van der Waals surface area contributed by atoms with E-state index in [1.54, 1.807) is 0 Å². The molecule has 2 saturated carbocycles. The summed E-state index contributed by atoms with van der Waals surface area (Å²) in [6, 6.07) is 0.713. The first-order valence-electron chi connectivity index (χ1n) is 7.35. The van der Waals surface area contributed by atoms with Crippen molar-refractivity contribution in [2.75, 3.05) is 7.05 Å². The molecule has 2 aliphatic carbocycles. The Balaban J connectivity index is 1.90. The summed E-state index contributed by atoms with van der Waals surface area (Å²) in [6.45, 7) is 7.29. The zero-order valence-electron chi connectivity index (χ0n) is 12.0. The van der Waals surface area contributed by atoms with E-state index < -0.39 is 0 Å². The van der Waals surface area contributed by atoms with Crippen molar-refractivity contribution in [2.45, 2.75) is 75.8 Å². The van der Waals surface area contributed by atoms with Gasteiger partial charge < -0.3 is 5.32 Å². The van der Waals surface area contributed by atoms with E-state index in [1.807, 2.05) is 0 Å². The molecule has 0 aromatic rings. The molecule has 100 valence electrons. The Morgan fingerprint density at radius 3 is 2.59 bits per heavy atom. The molecule has 0 aromatic carbocycles. The average Bonchev–Trinajstić information content (AvgIpc) is 2.53. The maximum absolute atomic E-state index is 3.58. The van der Waals surface area contributed by atoms with Gasteiger partial charge in [-0.05, 0) is 44.1 Å². The van der Waals surface area contributed by atoms with Crippen molar-refractivity contribution < 1.29 is 0 Å². The van der Waals surface area contributed by atoms with Gasteiger partial charge in [-0.2, -0.15) is 11.8 Å². The molecule has 0 spiro atoms. The third-order valence-electron chi connectivity index (χ3n) is 4.85. The first-order valence-corrected chi connectivity index (χ1v) is 8.30. The highest BCUT2D eigenvalue weighted by Gasteiger charge is 2.42. The van der Waals surface area contributed by atoms with Crippen molar-refractivity contribution in [2.24, 2.45) is 11.3 Å². The fourth-order valence-corrected chi connectivity index (χ4v) is 5.96. The molecule has 2 heteroatoms. The molecule has 0 aromatic heterocycles. The SMILES string of the molecule is CNC1C(SC2CCCC(C)C2)CCC1(C)C. The van der Waals surface area contributed by atoms with Gasteiger partial charge in [0.2, 0.25) is 0 Å². The monoisotopic (exact) mass is 255 g/mol. The van der Waals surface area contributed by atoms with Gasteiger partial charge in [-0.25, -0.2) is 0 Å². The minimum Gasteiger partial charge on any atom is -0.315 e. The largest absolute Gasteiger partial charge is 0.315 e. The van der Waals surface area contributed by atoms with E-state index in [-0.39, 0.29) is 0 Å². The summed E-state index contributed by atoms with van der Waals surface area (Å²) in [5.41, 5.74) is 0.493. The summed E-state index contributed by atoms with van der Waals surface area (Å²) in [7, 11) is 2.15. The lowest BCUT2D eigenvalue weighted by Crippen LogP contribution is -2.42. The summed E-state index contributed by atoms with van der Waals surface area (Å²) >= 11 is 2.30. The van der Waals surface area contributed by atoms with E-state index in [2.05, 4.69) is 44.9 Å². The van der Waals surface area contributed by atoms with Gasteiger partial charge in [0.15, 0.2) is 0 Å². The van der Waals surface area contributed by atoms with Crippen LogP contribution in [0.25, 0.3) is 0 Å². The predicted octanol–water partition coefficient (Wildman–Crippen LogP) is 4.07. The van der Waals surface area contributed by atoms with E-state index in [9.17, 15) is 0 Å². The van der Waals surface area contributed by atoms with Crippen LogP contribution in [0.5, 0.6) is 0 Å². The van der Waals surface area contributed by atoms with E-state index >= 15 is 0 Å². The topological polar surface area (TPSA) is 12.0 Å². The molecule has 4 unspecified atom stereocenters. The summed E-state index contributed by atoms with van der Waals surface area (Å²) < 4.78 is 0. The molecule has 0 heterocycles. The van der Waals surface area contributed by atoms with Crippen LogP contribution in [-0.4, -0.2) is 23.6 Å². The van der Waals surface area contributed by atoms with Gasteiger partial charge in [0.05, 0.1) is 0 Å². The molecule has 1 nitrogen and oxygen atoms in total. The Hall–Kier alpha value is 0.310. The minimum atomic E-state index is 0.493. The third-order valence-corrected chi connectivity index (χ3v) is 6.52. The highest BCUT2D eigenvalue weighted by Crippen LogP contribution is 2.46. The normalized spacial score (nSPS) is 41.6. The fourth-order valence-electron chi connectivity index (χ4n) is 3.81. The van der Waals surface area contributed by atoms with E-state index in [1.165, 1.54) is 38.5 Å². The summed E-state index contributed by atoms with van der Waals surface area (Å²) in [6.07, 6.45) is 8.63. The van der Waals surface area contributed by atoms with Crippen molar-refractivity contribution in [3.05, 3.63) is 0 Å². The van der Waals surface area contributed by atoms with Gasteiger partial charge >= 0.3 is 0 Å². The first kappa shape index (κ1) is 13.7. The molecule has 17 heavy (non-hydrogen) atoms. The van der Waals surface area contributed by atoms with Crippen molar-refractivity contribution in [1.29, 1.82) is 0 Å². The second-order valence-electron chi connectivity index (χ2n) is 6.86. The van der Waals surface area contributed by atoms with Gasteiger partial charge in [-0.15, -0.1) is 0 Å². The molecule has 2 aliphatic rings. The quantitative estimate of drug-likeness (QED) is 0.815. The third kappa shape index (κ3) is 3.20. The second-order valence-corrected chi connectivity index (χ2v) is 8.41. The summed E-state index contributed by atoms with van der Waals surface area (Å²) in [5, 5.41) is 5.37. The second kappa shape index (κ2) is 5.52. The van der Waals surface area contributed by atoms with Gasteiger partial charge in [0.25, 0.3) is 0 Å². The van der Waals surface area contributed by atoms with Gasteiger partial charge in [-0.3, -0.25) is 0 Å². The zero-order valence-corrected chi connectivity index (χ0v) is 12.8. The Kier molecular flexibility index (Phi) is 4.46. The lowest BCUT2D eigenvalue weighted by molar-refractivity contribution is 0.299. The van der Waals surface area contributed by atoms with Crippen LogP contribution in [0.15, 0.2) is 0 Å². The molecular formula is C15H29NS. The number of thioether (sulfide) groups is 1. The first-order chi connectivity index (χ1) is 8.03. The maximum Gasteiger partial charge on any atom is 0.0234 e. The van der Waals surface area contributed by atoms with Crippen LogP contribution in [0.2, 0.25) is 0 Å². The van der Waals surface area contributed by atoms with Crippen LogP contribution in [0.4, 0.5) is 0 Å². The minimum absolute atomic E-state index is 0.493. The fraction of sp³-hybridized carbons (Fsp3) is 1.00. The highest BCUT2D eigenvalue weighted by molar-refractivity contribution is 8.00. The number of nitrogens with one attached hydrogen (secondary N) is 1. The van der Waals surface area contributed by atoms with E-state index in [0.29, 0.717) is 11.5 Å². The number of rotatable bonds is 3. The zero-order chi connectivity index (χ0) is 12.5. The van der Waals surface area contributed by atoms with Crippen LogP contribution in [0.1, 0.15) is 59.3 Å². The molecule has 0 bridgehead atoms. The molecule has 0 radical (unpaired) electrons. The van der Waals surface area contributed by atoms with Gasteiger partial charge in [0, 0.05) is 16.5 Å². The molecule has 2 rings (SSSR count). The smallest absolute Gasteiger partial charge is 0.0234 e. The molecular weight excluding hydrogens is 226 g/mol. The maximum atomic E-state index is 3.58. The van der Waals surface area contributed by atoms with Crippen molar-refractivity contribution in [1.82, 2.24) is 5.32 Å². The summed E-state index contributed by atoms with van der Waals surface area (Å²) in [5.74, 6) is 0.962. The molecule has 0 aliphatic heterocycles. The van der Waals surface area contributed by atoms with E-state index in [0.717, 1.165) is 16.4 Å². The van der Waals surface area contributed by atoms with Crippen LogP contribution < -0.4 is 5.32 Å². The lowest BCUT2D eigenvalue weighted by Gasteiger charge is -2.34. The van der Waals surface area contributed by atoms with Crippen molar-refractivity contribution >= 4 is 11.8 Å². The Labute approximate surface area is 112 Å². The Morgan fingerprint density at radius 1 is 1.18 bits per heavy atom. The van der Waals surface area contributed by atoms with Crippen molar-refractivity contribution in [3.8, 4) is 0 Å². The van der Waals surface area contributed by atoms with Crippen LogP contribution >= 0.6 is 11.8 Å². The standard InChI is InChI=1S/C15H29NS/c1-11-6-5-7-12(10-11)17-13-8-9-15(2,3)14(13)16-4/h11-14,16H,5-10H2,1-4H3. The van der Waals surface area contributed by atoms with Gasteiger partial charge in [0.1, 0.15) is 0 Å². The summed E-state index contributed by atoms with van der Waals surface area (Å²) in [4.78, 5) is 0.